The minimum Gasteiger partial charge on any atom is -0.347 e. The van der Waals surface area contributed by atoms with Crippen LogP contribution in [-0.4, -0.2) is 23.8 Å². The predicted molar refractivity (Wildman–Crippen MR) is 107 cm³/mol. The molecular weight excluding hydrogens is 364 g/mol. The van der Waals surface area contributed by atoms with E-state index in [2.05, 4.69) is 18.3 Å². The van der Waals surface area contributed by atoms with E-state index >= 15 is 0 Å². The number of thiophene rings is 2. The van der Waals surface area contributed by atoms with Crippen molar-refractivity contribution in [3.8, 4) is 0 Å². The topological polar surface area (TPSA) is 49.4 Å². The summed E-state index contributed by atoms with van der Waals surface area (Å²) in [5.74, 6) is -0.0850. The molecule has 0 atom stereocenters. The first-order chi connectivity index (χ1) is 12.5. The van der Waals surface area contributed by atoms with Gasteiger partial charge < -0.3 is 10.2 Å². The number of hydrogen-bond donors (Lipinski definition) is 1. The zero-order valence-corrected chi connectivity index (χ0v) is 16.3. The Labute approximate surface area is 161 Å². The Balaban J connectivity index is 1.57. The van der Waals surface area contributed by atoms with Gasteiger partial charge in [-0.05, 0) is 53.1 Å². The summed E-state index contributed by atoms with van der Waals surface area (Å²) in [4.78, 5) is 28.2. The predicted octanol–water partition coefficient (Wildman–Crippen LogP) is 4.32. The number of amides is 2. The van der Waals surface area contributed by atoms with Crippen molar-refractivity contribution in [3.63, 3.8) is 0 Å². The third-order valence-corrected chi connectivity index (χ3v) is 5.97. The molecule has 0 aliphatic carbocycles. The van der Waals surface area contributed by atoms with Gasteiger partial charge in [0.25, 0.3) is 11.8 Å². The molecule has 2 amide bonds. The highest BCUT2D eigenvalue weighted by atomic mass is 32.1. The first-order valence-corrected chi connectivity index (χ1v) is 9.99. The Kier molecular flexibility index (Phi) is 5.85. The monoisotopic (exact) mass is 384 g/mol. The van der Waals surface area contributed by atoms with Gasteiger partial charge in [-0.15, -0.1) is 22.7 Å². The van der Waals surface area contributed by atoms with Gasteiger partial charge in [0.05, 0.1) is 11.4 Å². The quantitative estimate of drug-likeness (QED) is 0.688. The maximum atomic E-state index is 12.6. The molecule has 1 N–H and O–H groups in total. The van der Waals surface area contributed by atoms with Gasteiger partial charge in [-0.1, -0.05) is 18.2 Å². The second-order valence-electron chi connectivity index (χ2n) is 6.04. The molecule has 0 unspecified atom stereocenters. The molecule has 0 saturated carbocycles. The van der Waals surface area contributed by atoms with Crippen molar-refractivity contribution in [2.75, 3.05) is 7.05 Å². The van der Waals surface area contributed by atoms with Crippen molar-refractivity contribution >= 4 is 34.5 Å². The van der Waals surface area contributed by atoms with Crippen LogP contribution in [0, 0.1) is 6.92 Å². The number of carbonyl (C=O) groups is 2. The van der Waals surface area contributed by atoms with E-state index in [1.165, 1.54) is 21.8 Å². The summed E-state index contributed by atoms with van der Waals surface area (Å²) in [5.41, 5.74) is 2.82. The third kappa shape index (κ3) is 4.39. The van der Waals surface area contributed by atoms with Gasteiger partial charge in [0.1, 0.15) is 0 Å². The van der Waals surface area contributed by atoms with Crippen molar-refractivity contribution in [2.24, 2.45) is 0 Å². The van der Waals surface area contributed by atoms with Crippen LogP contribution in [0.4, 0.5) is 0 Å². The molecule has 3 rings (SSSR count). The summed E-state index contributed by atoms with van der Waals surface area (Å²) >= 11 is 3.08. The number of aryl methyl sites for hydroxylation is 1. The van der Waals surface area contributed by atoms with E-state index in [0.717, 1.165) is 5.56 Å². The van der Waals surface area contributed by atoms with Crippen molar-refractivity contribution < 1.29 is 9.59 Å². The van der Waals surface area contributed by atoms with Gasteiger partial charge in [-0.25, -0.2) is 0 Å². The van der Waals surface area contributed by atoms with Crippen LogP contribution in [0.5, 0.6) is 0 Å². The summed E-state index contributed by atoms with van der Waals surface area (Å²) in [5, 5.41) is 6.81. The molecule has 0 aliphatic rings. The van der Waals surface area contributed by atoms with Gasteiger partial charge in [-0.2, -0.15) is 0 Å². The zero-order valence-electron chi connectivity index (χ0n) is 14.7. The second-order valence-corrected chi connectivity index (χ2v) is 7.99. The van der Waals surface area contributed by atoms with Crippen molar-refractivity contribution in [1.82, 2.24) is 10.2 Å². The van der Waals surface area contributed by atoms with Crippen LogP contribution in [0.15, 0.2) is 53.2 Å². The third-order valence-electron chi connectivity index (χ3n) is 4.09. The molecule has 0 radical (unpaired) electrons. The largest absolute Gasteiger partial charge is 0.347 e. The lowest BCUT2D eigenvalue weighted by atomic mass is 10.1. The molecular formula is C20H20N2O2S2. The molecule has 0 fully saturated rings. The Bertz CT molecular complexity index is 883. The van der Waals surface area contributed by atoms with Crippen molar-refractivity contribution in [1.29, 1.82) is 0 Å². The molecule has 3 aromatic rings. The second kappa shape index (κ2) is 8.29. The molecule has 0 aliphatic heterocycles. The van der Waals surface area contributed by atoms with Crippen LogP contribution < -0.4 is 5.32 Å². The van der Waals surface area contributed by atoms with E-state index in [1.54, 1.807) is 22.3 Å². The summed E-state index contributed by atoms with van der Waals surface area (Å²) in [6.45, 7) is 3.11. The van der Waals surface area contributed by atoms with Gasteiger partial charge in [0.2, 0.25) is 0 Å². The Morgan fingerprint density at radius 1 is 1.04 bits per heavy atom. The molecule has 0 bridgehead atoms. The minimum absolute atomic E-state index is 0.00743. The minimum atomic E-state index is -0.0776. The molecule has 134 valence electrons. The van der Waals surface area contributed by atoms with E-state index in [0.29, 0.717) is 23.5 Å². The number of rotatable bonds is 6. The molecule has 0 spiro atoms. The molecule has 26 heavy (non-hydrogen) atoms. The van der Waals surface area contributed by atoms with E-state index in [4.69, 9.17) is 0 Å². The highest BCUT2D eigenvalue weighted by molar-refractivity contribution is 7.12. The van der Waals surface area contributed by atoms with Gasteiger partial charge in [-0.3, -0.25) is 9.59 Å². The Hall–Kier alpha value is -2.44. The first kappa shape index (κ1) is 18.4. The zero-order chi connectivity index (χ0) is 18.5. The average Bonchev–Trinajstić information content (AvgIpc) is 3.32. The molecule has 6 heteroatoms. The van der Waals surface area contributed by atoms with E-state index < -0.39 is 0 Å². The Morgan fingerprint density at radius 2 is 1.81 bits per heavy atom. The van der Waals surface area contributed by atoms with Gasteiger partial charge >= 0.3 is 0 Å². The molecule has 1 aromatic carbocycles. The molecule has 2 aromatic heterocycles. The van der Waals surface area contributed by atoms with Gasteiger partial charge in [0.15, 0.2) is 0 Å². The Morgan fingerprint density at radius 3 is 2.42 bits per heavy atom. The van der Waals surface area contributed by atoms with Crippen molar-refractivity contribution in [3.05, 3.63) is 79.7 Å². The SMILES string of the molecule is Cc1ccsc1CN(C)C(=O)c1ccc(CNC(=O)c2cccs2)cc1. The number of carbonyl (C=O) groups excluding carboxylic acids is 2. The normalized spacial score (nSPS) is 10.5. The molecule has 2 heterocycles. The van der Waals surface area contributed by atoms with Crippen molar-refractivity contribution in [2.45, 2.75) is 20.0 Å². The lowest BCUT2D eigenvalue weighted by Crippen LogP contribution is -2.26. The van der Waals surface area contributed by atoms with Gasteiger partial charge in [0, 0.05) is 24.0 Å². The summed E-state index contributed by atoms with van der Waals surface area (Å²) in [7, 11) is 1.82. The number of hydrogen-bond acceptors (Lipinski definition) is 4. The maximum absolute atomic E-state index is 12.6. The standard InChI is InChI=1S/C20H20N2O2S2/c1-14-9-11-26-18(14)13-22(2)20(24)16-7-5-15(6-8-16)12-21-19(23)17-4-3-10-25-17/h3-11H,12-13H2,1-2H3,(H,21,23). The van der Waals surface area contributed by atoms with Crippen LogP contribution >= 0.6 is 22.7 Å². The molecule has 4 nitrogen and oxygen atoms in total. The molecule has 0 saturated heterocycles. The number of nitrogens with zero attached hydrogens (tertiary/aromatic N) is 1. The van der Waals surface area contributed by atoms with Crippen LogP contribution in [0.25, 0.3) is 0 Å². The summed E-state index contributed by atoms with van der Waals surface area (Å²) in [6.07, 6.45) is 0. The number of benzene rings is 1. The first-order valence-electron chi connectivity index (χ1n) is 8.23. The summed E-state index contributed by atoms with van der Waals surface area (Å²) < 4.78 is 0. The smallest absolute Gasteiger partial charge is 0.261 e. The highest BCUT2D eigenvalue weighted by Gasteiger charge is 2.14. The summed E-state index contributed by atoms with van der Waals surface area (Å²) in [6, 6.07) is 13.1. The maximum Gasteiger partial charge on any atom is 0.261 e. The lowest BCUT2D eigenvalue weighted by molar-refractivity contribution is 0.0786. The van der Waals surface area contributed by atoms with Crippen LogP contribution in [0.3, 0.4) is 0 Å². The van der Waals surface area contributed by atoms with E-state index in [-0.39, 0.29) is 11.8 Å². The van der Waals surface area contributed by atoms with Crippen LogP contribution in [0.2, 0.25) is 0 Å². The van der Waals surface area contributed by atoms with E-state index in [9.17, 15) is 9.59 Å². The number of nitrogens with one attached hydrogen (secondary N) is 1. The fraction of sp³-hybridized carbons (Fsp3) is 0.200. The highest BCUT2D eigenvalue weighted by Crippen LogP contribution is 2.18. The fourth-order valence-corrected chi connectivity index (χ4v) is 4.11. The van der Waals surface area contributed by atoms with E-state index in [1.807, 2.05) is 48.1 Å². The van der Waals surface area contributed by atoms with Crippen LogP contribution in [0.1, 0.15) is 36.0 Å². The van der Waals surface area contributed by atoms with Crippen LogP contribution in [-0.2, 0) is 13.1 Å². The fourth-order valence-electron chi connectivity index (χ4n) is 2.52. The lowest BCUT2D eigenvalue weighted by Gasteiger charge is -2.17. The average molecular weight is 385 g/mol.